The maximum absolute atomic E-state index is 11.7. The van der Waals surface area contributed by atoms with E-state index in [1.165, 1.54) is 0 Å². The number of aliphatic hydroxyl groups is 1. The first kappa shape index (κ1) is 14.0. The zero-order valence-electron chi connectivity index (χ0n) is 11.1. The molecule has 0 saturated carbocycles. The van der Waals surface area contributed by atoms with Crippen LogP contribution in [-0.2, 0) is 0 Å². The predicted molar refractivity (Wildman–Crippen MR) is 75.2 cm³/mol. The van der Waals surface area contributed by atoms with Gasteiger partial charge in [0.15, 0.2) is 0 Å². The number of nitrogens with zero attached hydrogens (tertiary/aromatic N) is 2. The van der Waals surface area contributed by atoms with E-state index < -0.39 is 6.10 Å². The number of hydrogen-bond donors (Lipinski definition) is 3. The summed E-state index contributed by atoms with van der Waals surface area (Å²) < 4.78 is 0. The first-order chi connectivity index (χ1) is 9.66. The molecule has 3 N–H and O–H groups in total. The van der Waals surface area contributed by atoms with Gasteiger partial charge in [-0.05, 0) is 36.2 Å². The molecule has 0 spiro atoms. The van der Waals surface area contributed by atoms with E-state index in [0.29, 0.717) is 11.3 Å². The smallest absolute Gasteiger partial charge is 0.319 e. The van der Waals surface area contributed by atoms with Crippen molar-refractivity contribution < 1.29 is 9.90 Å². The van der Waals surface area contributed by atoms with E-state index >= 15 is 0 Å². The van der Waals surface area contributed by atoms with Gasteiger partial charge in [0.25, 0.3) is 0 Å². The number of carbonyl (C=O) groups is 1. The van der Waals surface area contributed by atoms with Gasteiger partial charge in [-0.1, -0.05) is 0 Å². The molecule has 6 heteroatoms. The van der Waals surface area contributed by atoms with Crippen LogP contribution in [0.3, 0.4) is 0 Å². The molecule has 0 aliphatic carbocycles. The van der Waals surface area contributed by atoms with Crippen LogP contribution < -0.4 is 10.6 Å². The molecule has 0 saturated heterocycles. The van der Waals surface area contributed by atoms with Crippen LogP contribution in [0.5, 0.6) is 0 Å². The Hall–Kier alpha value is -2.47. The molecule has 0 aliphatic heterocycles. The minimum Gasteiger partial charge on any atom is -0.387 e. The highest BCUT2D eigenvalue weighted by atomic mass is 16.3. The fourth-order valence-electron chi connectivity index (χ4n) is 1.67. The number of hydrogen-bond acceptors (Lipinski definition) is 4. The summed E-state index contributed by atoms with van der Waals surface area (Å²) in [4.78, 5) is 19.6. The van der Waals surface area contributed by atoms with Crippen molar-refractivity contribution in [2.75, 3.05) is 11.9 Å². The van der Waals surface area contributed by atoms with E-state index in [0.717, 1.165) is 5.56 Å². The number of amides is 2. The zero-order valence-corrected chi connectivity index (χ0v) is 11.1. The van der Waals surface area contributed by atoms with Crippen molar-refractivity contribution >= 4 is 11.7 Å². The van der Waals surface area contributed by atoms with Gasteiger partial charge < -0.3 is 15.7 Å². The molecule has 20 heavy (non-hydrogen) atoms. The number of aromatic nitrogens is 2. The summed E-state index contributed by atoms with van der Waals surface area (Å²) in [6.07, 6.45) is 5.70. The van der Waals surface area contributed by atoms with Crippen LogP contribution in [0.15, 0.2) is 43.0 Å². The second-order valence-corrected chi connectivity index (χ2v) is 4.32. The third kappa shape index (κ3) is 3.76. The van der Waals surface area contributed by atoms with Gasteiger partial charge in [-0.3, -0.25) is 9.97 Å². The van der Waals surface area contributed by atoms with Crippen LogP contribution in [0.2, 0.25) is 0 Å². The van der Waals surface area contributed by atoms with Crippen LogP contribution in [0.1, 0.15) is 17.2 Å². The van der Waals surface area contributed by atoms with E-state index in [1.54, 1.807) is 43.0 Å². The zero-order chi connectivity index (χ0) is 14.4. The molecule has 104 valence electrons. The van der Waals surface area contributed by atoms with Gasteiger partial charge in [0.2, 0.25) is 0 Å². The maximum Gasteiger partial charge on any atom is 0.319 e. The highest BCUT2D eigenvalue weighted by Gasteiger charge is 2.09. The van der Waals surface area contributed by atoms with Gasteiger partial charge >= 0.3 is 6.03 Å². The summed E-state index contributed by atoms with van der Waals surface area (Å²) in [5, 5.41) is 15.2. The van der Waals surface area contributed by atoms with Gasteiger partial charge in [-0.25, -0.2) is 4.79 Å². The third-order valence-corrected chi connectivity index (χ3v) is 2.82. The van der Waals surface area contributed by atoms with Crippen molar-refractivity contribution in [1.29, 1.82) is 0 Å². The minimum absolute atomic E-state index is 0.125. The lowest BCUT2D eigenvalue weighted by atomic mass is 10.1. The molecule has 1 atom stereocenters. The van der Waals surface area contributed by atoms with Crippen LogP contribution in [0, 0.1) is 6.92 Å². The van der Waals surface area contributed by atoms with Crippen LogP contribution in [0.25, 0.3) is 0 Å². The molecular weight excluding hydrogens is 256 g/mol. The number of pyridine rings is 2. The fraction of sp³-hybridized carbons (Fsp3) is 0.214. The first-order valence-electron chi connectivity index (χ1n) is 6.20. The van der Waals surface area contributed by atoms with Crippen molar-refractivity contribution in [2.45, 2.75) is 13.0 Å². The van der Waals surface area contributed by atoms with Crippen molar-refractivity contribution in [3.05, 3.63) is 54.1 Å². The Bertz CT molecular complexity index is 574. The van der Waals surface area contributed by atoms with E-state index in [4.69, 9.17) is 0 Å². The molecular formula is C14H16N4O2. The normalized spacial score (nSPS) is 11.7. The lowest BCUT2D eigenvalue weighted by molar-refractivity contribution is 0.175. The van der Waals surface area contributed by atoms with Crippen molar-refractivity contribution in [3.8, 4) is 0 Å². The Balaban J connectivity index is 1.85. The predicted octanol–water partition coefficient (Wildman–Crippen LogP) is 1.64. The molecule has 0 radical (unpaired) electrons. The highest BCUT2D eigenvalue weighted by molar-refractivity contribution is 5.89. The Morgan fingerprint density at radius 2 is 1.95 bits per heavy atom. The Morgan fingerprint density at radius 1 is 1.25 bits per heavy atom. The summed E-state index contributed by atoms with van der Waals surface area (Å²) in [5.74, 6) is 0. The minimum atomic E-state index is -0.762. The standard InChI is InChI=1S/C14H16N4O2/c1-10-8-16-7-4-12(10)18-14(20)17-9-13(19)11-2-5-15-6-3-11/h2-8,13,19H,9H2,1H3,(H2,16,17,18,20). The first-order valence-corrected chi connectivity index (χ1v) is 6.20. The van der Waals surface area contributed by atoms with E-state index in [2.05, 4.69) is 20.6 Å². The Morgan fingerprint density at radius 3 is 2.65 bits per heavy atom. The summed E-state index contributed by atoms with van der Waals surface area (Å²) >= 11 is 0. The maximum atomic E-state index is 11.7. The summed E-state index contributed by atoms with van der Waals surface area (Å²) in [5.41, 5.74) is 2.27. The molecule has 0 bridgehead atoms. The van der Waals surface area contributed by atoms with Crippen molar-refractivity contribution in [1.82, 2.24) is 15.3 Å². The average Bonchev–Trinajstić information content (AvgIpc) is 2.48. The lowest BCUT2D eigenvalue weighted by Crippen LogP contribution is -2.32. The number of aliphatic hydroxyl groups excluding tert-OH is 1. The number of nitrogens with one attached hydrogen (secondary N) is 2. The molecule has 2 amide bonds. The van der Waals surface area contributed by atoms with Crippen LogP contribution in [0.4, 0.5) is 10.5 Å². The van der Waals surface area contributed by atoms with Gasteiger partial charge in [0.05, 0.1) is 6.10 Å². The van der Waals surface area contributed by atoms with E-state index in [9.17, 15) is 9.90 Å². The monoisotopic (exact) mass is 272 g/mol. The van der Waals surface area contributed by atoms with E-state index in [-0.39, 0.29) is 12.6 Å². The highest BCUT2D eigenvalue weighted by Crippen LogP contribution is 2.12. The summed E-state index contributed by atoms with van der Waals surface area (Å²) in [6.45, 7) is 1.98. The molecule has 0 aliphatic rings. The molecule has 2 aromatic rings. The van der Waals surface area contributed by atoms with Gasteiger partial charge in [-0.15, -0.1) is 0 Å². The van der Waals surface area contributed by atoms with Crippen molar-refractivity contribution in [3.63, 3.8) is 0 Å². The topological polar surface area (TPSA) is 87.1 Å². The van der Waals surface area contributed by atoms with Crippen LogP contribution >= 0.6 is 0 Å². The molecule has 0 aromatic carbocycles. The Kier molecular flexibility index (Phi) is 4.62. The molecule has 0 fully saturated rings. The molecule has 6 nitrogen and oxygen atoms in total. The molecule has 2 rings (SSSR count). The lowest BCUT2D eigenvalue weighted by Gasteiger charge is -2.13. The molecule has 2 aromatic heterocycles. The molecule has 2 heterocycles. The van der Waals surface area contributed by atoms with Crippen molar-refractivity contribution in [2.24, 2.45) is 0 Å². The van der Waals surface area contributed by atoms with E-state index in [1.807, 2.05) is 6.92 Å². The SMILES string of the molecule is Cc1cnccc1NC(=O)NCC(O)c1ccncc1. The average molecular weight is 272 g/mol. The number of carbonyl (C=O) groups excluding carboxylic acids is 1. The van der Waals surface area contributed by atoms with Gasteiger partial charge in [0.1, 0.15) is 0 Å². The summed E-state index contributed by atoms with van der Waals surface area (Å²) in [6, 6.07) is 4.76. The quantitative estimate of drug-likeness (QED) is 0.789. The van der Waals surface area contributed by atoms with Gasteiger partial charge in [0, 0.05) is 37.0 Å². The fourth-order valence-corrected chi connectivity index (χ4v) is 1.67. The summed E-state index contributed by atoms with van der Waals surface area (Å²) in [7, 11) is 0. The second-order valence-electron chi connectivity index (χ2n) is 4.32. The Labute approximate surface area is 116 Å². The number of aryl methyl sites for hydroxylation is 1. The number of rotatable bonds is 4. The third-order valence-electron chi connectivity index (χ3n) is 2.82. The largest absolute Gasteiger partial charge is 0.387 e. The second kappa shape index (κ2) is 6.63. The van der Waals surface area contributed by atoms with Gasteiger partial charge in [-0.2, -0.15) is 0 Å². The van der Waals surface area contributed by atoms with Crippen LogP contribution in [-0.4, -0.2) is 27.7 Å². The number of anilines is 1. The number of urea groups is 1. The molecule has 1 unspecified atom stereocenters.